The lowest BCUT2D eigenvalue weighted by atomic mass is 10.0. The van der Waals surface area contributed by atoms with Crippen molar-refractivity contribution in [2.24, 2.45) is 7.05 Å². The number of halogens is 1. The second-order valence-corrected chi connectivity index (χ2v) is 6.98. The predicted octanol–water partition coefficient (Wildman–Crippen LogP) is 2.75. The van der Waals surface area contributed by atoms with Gasteiger partial charge in [-0.1, -0.05) is 0 Å². The number of carbonyl (C=O) groups is 1. The number of rotatable bonds is 5. The van der Waals surface area contributed by atoms with Crippen molar-refractivity contribution >= 4 is 34.3 Å². The molecule has 0 fully saturated rings. The molecule has 1 aliphatic rings. The van der Waals surface area contributed by atoms with Crippen molar-refractivity contribution in [3.05, 3.63) is 41.7 Å². The fraction of sp³-hybridized carbons (Fsp3) is 0.350. The highest BCUT2D eigenvalue weighted by Crippen LogP contribution is 2.31. The number of nitrogens with zero attached hydrogens (tertiary/aromatic N) is 5. The number of likely N-dealkylation sites (N-methyl/N-ethyl adjacent to an activating group) is 1. The van der Waals surface area contributed by atoms with E-state index < -0.39 is 6.67 Å². The molecule has 7 nitrogen and oxygen atoms in total. The maximum absolute atomic E-state index is 12.6. The first-order valence-electron chi connectivity index (χ1n) is 9.24. The van der Waals surface area contributed by atoms with E-state index in [2.05, 4.69) is 10.3 Å². The molecular weight excluding hydrogens is 359 g/mol. The van der Waals surface area contributed by atoms with Gasteiger partial charge >= 0.3 is 0 Å². The Morgan fingerprint density at radius 1 is 1.21 bits per heavy atom. The molecular formula is C20H23FN6O. The summed E-state index contributed by atoms with van der Waals surface area (Å²) in [6.07, 6.45) is 2.50. The molecule has 4 heterocycles. The first kappa shape index (κ1) is 18.2. The van der Waals surface area contributed by atoms with E-state index in [0.717, 1.165) is 52.6 Å². The summed E-state index contributed by atoms with van der Waals surface area (Å²) >= 11 is 0. The summed E-state index contributed by atoms with van der Waals surface area (Å²) in [6, 6.07) is 7.59. The number of fused-ring (bicyclic) bond motifs is 3. The van der Waals surface area contributed by atoms with Crippen molar-refractivity contribution in [3.8, 4) is 0 Å². The Morgan fingerprint density at radius 2 is 2.00 bits per heavy atom. The Hall–Kier alpha value is -3.16. The smallest absolute Gasteiger partial charge is 0.256 e. The largest absolute Gasteiger partial charge is 0.381 e. The monoisotopic (exact) mass is 382 g/mol. The molecule has 0 saturated heterocycles. The van der Waals surface area contributed by atoms with Crippen LogP contribution in [0.4, 0.5) is 21.7 Å². The van der Waals surface area contributed by atoms with Crippen LogP contribution in [0.5, 0.6) is 0 Å². The van der Waals surface area contributed by atoms with Crippen LogP contribution in [0.3, 0.4) is 0 Å². The highest BCUT2D eigenvalue weighted by molar-refractivity contribution is 6.08. The van der Waals surface area contributed by atoms with Gasteiger partial charge in [-0.15, -0.1) is 0 Å². The highest BCUT2D eigenvalue weighted by Gasteiger charge is 2.28. The van der Waals surface area contributed by atoms with Gasteiger partial charge in [-0.2, -0.15) is 0 Å². The van der Waals surface area contributed by atoms with Crippen molar-refractivity contribution in [1.82, 2.24) is 19.4 Å². The van der Waals surface area contributed by atoms with Crippen LogP contribution in [-0.4, -0.2) is 59.2 Å². The lowest BCUT2D eigenvalue weighted by Gasteiger charge is -2.23. The molecule has 1 amide bonds. The molecule has 28 heavy (non-hydrogen) atoms. The topological polar surface area (TPSA) is 66.3 Å². The van der Waals surface area contributed by atoms with Gasteiger partial charge in [-0.25, -0.2) is 14.4 Å². The number of alkyl halides is 1. The molecule has 0 aromatic carbocycles. The summed E-state index contributed by atoms with van der Waals surface area (Å²) in [4.78, 5) is 25.5. The minimum Gasteiger partial charge on any atom is -0.381 e. The summed E-state index contributed by atoms with van der Waals surface area (Å²) in [5, 5.41) is 3.84. The van der Waals surface area contributed by atoms with Crippen LogP contribution in [-0.2, 0) is 13.5 Å². The van der Waals surface area contributed by atoms with E-state index in [0.29, 0.717) is 0 Å². The minimum atomic E-state index is -0.426. The third kappa shape index (κ3) is 2.94. The molecule has 0 bridgehead atoms. The van der Waals surface area contributed by atoms with Gasteiger partial charge in [-0.3, -0.25) is 4.79 Å². The summed E-state index contributed by atoms with van der Waals surface area (Å²) < 4.78 is 14.3. The standard InChI is InChI=1S/C20H23FN6O/c1-25-11-8-15-18(20(25)28)14-5-7-17(24-19(14)26(15)2)27(3)16-6-4-13(12-23-16)22-10-9-21/h4-7,12,22H,8-11H2,1-3H3. The maximum atomic E-state index is 12.6. The molecule has 0 unspecified atom stereocenters. The second kappa shape index (κ2) is 7.10. The molecule has 1 N–H and O–H groups in total. The van der Waals surface area contributed by atoms with E-state index in [1.165, 1.54) is 0 Å². The average molecular weight is 382 g/mol. The fourth-order valence-electron chi connectivity index (χ4n) is 3.62. The number of carbonyl (C=O) groups excluding carboxylic acids is 1. The number of hydrogen-bond acceptors (Lipinski definition) is 5. The Labute approximate surface area is 162 Å². The van der Waals surface area contributed by atoms with Crippen LogP contribution in [0.15, 0.2) is 30.5 Å². The Bertz CT molecular complexity index is 1030. The van der Waals surface area contributed by atoms with Gasteiger partial charge in [0.25, 0.3) is 5.91 Å². The molecule has 3 aromatic heterocycles. The van der Waals surface area contributed by atoms with E-state index in [1.54, 1.807) is 11.1 Å². The van der Waals surface area contributed by atoms with Crippen LogP contribution < -0.4 is 10.2 Å². The molecule has 3 aromatic rings. The predicted molar refractivity (Wildman–Crippen MR) is 108 cm³/mol. The zero-order valence-electron chi connectivity index (χ0n) is 16.2. The normalized spacial score (nSPS) is 13.7. The van der Waals surface area contributed by atoms with Gasteiger partial charge in [0.05, 0.1) is 17.4 Å². The molecule has 1 aliphatic heterocycles. The first-order valence-corrected chi connectivity index (χ1v) is 9.24. The van der Waals surface area contributed by atoms with Crippen LogP contribution >= 0.6 is 0 Å². The summed E-state index contributed by atoms with van der Waals surface area (Å²) in [5.74, 6) is 1.52. The molecule has 0 saturated carbocycles. The Kier molecular flexibility index (Phi) is 4.62. The molecule has 0 atom stereocenters. The van der Waals surface area contributed by atoms with E-state index >= 15 is 0 Å². The Balaban J connectivity index is 1.68. The summed E-state index contributed by atoms with van der Waals surface area (Å²) in [5.41, 5.74) is 3.36. The van der Waals surface area contributed by atoms with Crippen molar-refractivity contribution in [3.63, 3.8) is 0 Å². The number of nitrogens with one attached hydrogen (secondary N) is 1. The third-order valence-electron chi connectivity index (χ3n) is 5.24. The van der Waals surface area contributed by atoms with E-state index in [-0.39, 0.29) is 12.5 Å². The second-order valence-electron chi connectivity index (χ2n) is 6.98. The average Bonchev–Trinajstić information content (AvgIpc) is 3.01. The number of hydrogen-bond donors (Lipinski definition) is 1. The van der Waals surface area contributed by atoms with Gasteiger partial charge in [0, 0.05) is 51.7 Å². The molecule has 0 radical (unpaired) electrons. The van der Waals surface area contributed by atoms with E-state index in [4.69, 9.17) is 4.98 Å². The minimum absolute atomic E-state index is 0.0489. The van der Waals surface area contributed by atoms with Gasteiger partial charge in [0.2, 0.25) is 0 Å². The van der Waals surface area contributed by atoms with Crippen LogP contribution in [0.25, 0.3) is 11.0 Å². The van der Waals surface area contributed by atoms with Gasteiger partial charge < -0.3 is 19.7 Å². The molecule has 8 heteroatoms. The number of aryl methyl sites for hydroxylation is 1. The van der Waals surface area contributed by atoms with Gasteiger partial charge in [0.1, 0.15) is 24.0 Å². The van der Waals surface area contributed by atoms with Crippen molar-refractivity contribution < 1.29 is 9.18 Å². The SMILES string of the molecule is CN1CCc2c(c3ccc(N(C)c4ccc(NCCF)cn4)nc3n2C)C1=O. The molecule has 0 spiro atoms. The van der Waals surface area contributed by atoms with Crippen molar-refractivity contribution in [2.45, 2.75) is 6.42 Å². The van der Waals surface area contributed by atoms with Crippen LogP contribution in [0, 0.1) is 0 Å². The zero-order chi connectivity index (χ0) is 19.8. The maximum Gasteiger partial charge on any atom is 0.256 e. The summed E-state index contributed by atoms with van der Waals surface area (Å²) in [6.45, 7) is 0.557. The van der Waals surface area contributed by atoms with Crippen molar-refractivity contribution in [2.75, 3.05) is 44.1 Å². The first-order chi connectivity index (χ1) is 13.5. The summed E-state index contributed by atoms with van der Waals surface area (Å²) in [7, 11) is 5.69. The van der Waals surface area contributed by atoms with Crippen LogP contribution in [0.2, 0.25) is 0 Å². The Morgan fingerprint density at radius 3 is 2.71 bits per heavy atom. The quantitative estimate of drug-likeness (QED) is 0.735. The zero-order valence-corrected chi connectivity index (χ0v) is 16.2. The molecule has 4 rings (SSSR count). The van der Waals surface area contributed by atoms with E-state index in [1.807, 2.05) is 54.9 Å². The fourth-order valence-corrected chi connectivity index (χ4v) is 3.62. The third-order valence-corrected chi connectivity index (χ3v) is 5.24. The van der Waals surface area contributed by atoms with Gasteiger partial charge in [-0.05, 0) is 24.3 Å². The number of anilines is 3. The van der Waals surface area contributed by atoms with E-state index in [9.17, 15) is 9.18 Å². The molecule has 146 valence electrons. The molecule has 0 aliphatic carbocycles. The lowest BCUT2D eigenvalue weighted by molar-refractivity contribution is 0.0781. The lowest BCUT2D eigenvalue weighted by Crippen LogP contribution is -2.34. The van der Waals surface area contributed by atoms with Gasteiger partial charge in [0.15, 0.2) is 0 Å². The number of pyridine rings is 2. The van der Waals surface area contributed by atoms with Crippen molar-refractivity contribution in [1.29, 1.82) is 0 Å². The number of aromatic nitrogens is 3. The number of amides is 1. The highest BCUT2D eigenvalue weighted by atomic mass is 19.1. The van der Waals surface area contributed by atoms with Crippen LogP contribution in [0.1, 0.15) is 16.1 Å².